The van der Waals surface area contributed by atoms with Gasteiger partial charge in [0.25, 0.3) is 7.82 Å². The zero-order valence-corrected chi connectivity index (χ0v) is 19.3. The molecule has 0 rings (SSSR count). The molecule has 0 heterocycles. The van der Waals surface area contributed by atoms with Gasteiger partial charge in [0.2, 0.25) is 0 Å². The van der Waals surface area contributed by atoms with Gasteiger partial charge < -0.3 is 18.4 Å². The Kier molecular flexibility index (Phi) is 20.1. The highest BCUT2D eigenvalue weighted by molar-refractivity contribution is 7.45. The smallest absolute Gasteiger partial charge is 0.267 e. The molecule has 0 N–H and O–H groups in total. The lowest BCUT2D eigenvalue weighted by atomic mass is 10.1. The van der Waals surface area contributed by atoms with Gasteiger partial charge in [-0.05, 0) is 12.8 Å². The fourth-order valence-corrected chi connectivity index (χ4v) is 2.93. The molecule has 0 aromatic heterocycles. The summed E-state index contributed by atoms with van der Waals surface area (Å²) in [4.78, 5) is 11.5. The Morgan fingerprint density at radius 3 is 1.23 bits per heavy atom. The number of rotatable bonds is 16. The molecule has 6 heteroatoms. The lowest BCUT2D eigenvalue weighted by Gasteiger charge is -2.22. The van der Waals surface area contributed by atoms with E-state index in [1.807, 2.05) is 0 Å². The predicted octanol–water partition coefficient (Wildman–Crippen LogP) is 5.53. The molecular weight excluding hydrogens is 349 g/mol. The van der Waals surface area contributed by atoms with Gasteiger partial charge >= 0.3 is 0 Å². The molecule has 160 valence electrons. The molecule has 0 spiro atoms. The van der Waals surface area contributed by atoms with Crippen molar-refractivity contribution in [3.63, 3.8) is 0 Å². The summed E-state index contributed by atoms with van der Waals surface area (Å²) in [6, 6.07) is 0. The highest BCUT2D eigenvalue weighted by atomic mass is 31.2. The Balaban J connectivity index is 0. The summed E-state index contributed by atoms with van der Waals surface area (Å²) in [5, 5.41) is 0. The van der Waals surface area contributed by atoms with Crippen LogP contribution in [0.4, 0.5) is 0 Å². The maximum atomic E-state index is 11.5. The van der Waals surface area contributed by atoms with Gasteiger partial charge in [0.1, 0.15) is 0 Å². The summed E-state index contributed by atoms with van der Waals surface area (Å²) in [6.45, 7) is 4.86. The lowest BCUT2D eigenvalue weighted by molar-refractivity contribution is -0.849. The quantitative estimate of drug-likeness (QED) is 0.196. The molecule has 0 saturated heterocycles. The average Bonchev–Trinajstić information content (AvgIpc) is 2.51. The molecule has 0 aromatic carbocycles. The van der Waals surface area contributed by atoms with Crippen LogP contribution in [-0.4, -0.2) is 45.9 Å². The van der Waals surface area contributed by atoms with Gasteiger partial charge in [0.15, 0.2) is 0 Å². The van der Waals surface area contributed by atoms with E-state index in [1.165, 1.54) is 38.5 Å². The standard InChI is InChI=1S/C16H35O4P.C4H12N/c1-3-5-7-9-11-13-15-19-21(17,18)20-16-14-12-10-8-6-4-2;1-5(2,3)4/h3-16H2,1-2H3,(H,17,18);1-4H3/q;+1/p-1. The topological polar surface area (TPSA) is 58.6 Å². The van der Waals surface area contributed by atoms with E-state index in [4.69, 9.17) is 9.05 Å². The van der Waals surface area contributed by atoms with Crippen LogP contribution in [0.2, 0.25) is 0 Å². The van der Waals surface area contributed by atoms with Crippen molar-refractivity contribution in [2.45, 2.75) is 90.9 Å². The van der Waals surface area contributed by atoms with Crippen LogP contribution >= 0.6 is 7.82 Å². The van der Waals surface area contributed by atoms with Crippen molar-refractivity contribution in [3.8, 4) is 0 Å². The van der Waals surface area contributed by atoms with Gasteiger partial charge in [-0.2, -0.15) is 0 Å². The van der Waals surface area contributed by atoms with Gasteiger partial charge in [-0.3, -0.25) is 4.57 Å². The number of unbranched alkanes of at least 4 members (excludes halogenated alkanes) is 10. The molecule has 26 heavy (non-hydrogen) atoms. The van der Waals surface area contributed by atoms with E-state index in [0.717, 1.165) is 43.0 Å². The van der Waals surface area contributed by atoms with Crippen LogP contribution in [0.25, 0.3) is 0 Å². The normalized spacial score (nSPS) is 12.0. The van der Waals surface area contributed by atoms with E-state index in [-0.39, 0.29) is 13.2 Å². The van der Waals surface area contributed by atoms with Crippen LogP contribution in [0.15, 0.2) is 0 Å². The van der Waals surface area contributed by atoms with Gasteiger partial charge in [0, 0.05) is 0 Å². The Hall–Kier alpha value is 0.0700. The first kappa shape index (κ1) is 28.3. The molecule has 0 aliphatic rings. The molecule has 0 unspecified atom stereocenters. The van der Waals surface area contributed by atoms with Crippen LogP contribution < -0.4 is 4.89 Å². The monoisotopic (exact) mass is 395 g/mol. The molecule has 0 fully saturated rings. The lowest BCUT2D eigenvalue weighted by Crippen LogP contribution is -2.27. The second-order valence-electron chi connectivity index (χ2n) is 8.33. The summed E-state index contributed by atoms with van der Waals surface area (Å²) < 4.78 is 22.2. The molecule has 0 amide bonds. The Bertz CT molecular complexity index is 304. The van der Waals surface area contributed by atoms with Crippen molar-refractivity contribution in [2.24, 2.45) is 0 Å². The largest absolute Gasteiger partial charge is 0.756 e. The molecule has 0 aromatic rings. The van der Waals surface area contributed by atoms with Crippen molar-refractivity contribution in [3.05, 3.63) is 0 Å². The summed E-state index contributed by atoms with van der Waals surface area (Å²) in [7, 11) is 4.43. The Morgan fingerprint density at radius 1 is 0.654 bits per heavy atom. The van der Waals surface area contributed by atoms with Crippen molar-refractivity contribution in [1.29, 1.82) is 0 Å². The molecule has 0 saturated carbocycles. The van der Waals surface area contributed by atoms with Gasteiger partial charge in [-0.25, -0.2) is 0 Å². The van der Waals surface area contributed by atoms with Crippen LogP contribution in [0.5, 0.6) is 0 Å². The second-order valence-corrected chi connectivity index (χ2v) is 9.74. The van der Waals surface area contributed by atoms with Gasteiger partial charge in [-0.1, -0.05) is 78.1 Å². The minimum absolute atomic E-state index is 0.253. The molecule has 0 aliphatic heterocycles. The van der Waals surface area contributed by atoms with Crippen LogP contribution in [0.3, 0.4) is 0 Å². The molecule has 0 radical (unpaired) electrons. The molecular formula is C20H46NO4P. The third-order valence-electron chi connectivity index (χ3n) is 3.49. The van der Waals surface area contributed by atoms with Gasteiger partial charge in [-0.15, -0.1) is 0 Å². The maximum absolute atomic E-state index is 11.5. The minimum Gasteiger partial charge on any atom is -0.756 e. The molecule has 0 bridgehead atoms. The first-order valence-corrected chi connectivity index (χ1v) is 12.0. The summed E-state index contributed by atoms with van der Waals surface area (Å²) in [5.41, 5.74) is 0. The fourth-order valence-electron chi connectivity index (χ4n) is 2.15. The van der Waals surface area contributed by atoms with Gasteiger partial charge in [0.05, 0.1) is 41.4 Å². The Morgan fingerprint density at radius 2 is 0.923 bits per heavy atom. The number of nitrogens with zero attached hydrogens (tertiary/aromatic N) is 1. The van der Waals surface area contributed by atoms with Crippen molar-refractivity contribution in [2.75, 3.05) is 41.4 Å². The Labute approximate surface area is 163 Å². The minimum atomic E-state index is -4.07. The SMILES string of the molecule is CCCCCCCCOP(=O)([O-])OCCCCCCCC.C[N+](C)(C)C. The van der Waals surface area contributed by atoms with E-state index < -0.39 is 7.82 Å². The summed E-state index contributed by atoms with van der Waals surface area (Å²) in [6.07, 6.45) is 13.3. The van der Waals surface area contributed by atoms with Crippen molar-refractivity contribution in [1.82, 2.24) is 0 Å². The number of hydrogen-bond acceptors (Lipinski definition) is 4. The number of hydrogen-bond donors (Lipinski definition) is 0. The number of quaternary nitrogens is 1. The zero-order chi connectivity index (χ0) is 20.3. The van der Waals surface area contributed by atoms with E-state index >= 15 is 0 Å². The van der Waals surface area contributed by atoms with Crippen LogP contribution in [0.1, 0.15) is 90.9 Å². The first-order valence-electron chi connectivity index (χ1n) is 10.5. The van der Waals surface area contributed by atoms with E-state index in [9.17, 15) is 9.46 Å². The van der Waals surface area contributed by atoms with E-state index in [0.29, 0.717) is 0 Å². The first-order chi connectivity index (χ1) is 12.1. The van der Waals surface area contributed by atoms with E-state index in [2.05, 4.69) is 42.0 Å². The average molecular weight is 396 g/mol. The summed E-state index contributed by atoms with van der Waals surface area (Å²) >= 11 is 0. The van der Waals surface area contributed by atoms with E-state index in [1.54, 1.807) is 0 Å². The number of phosphoric acid groups is 1. The third-order valence-corrected chi connectivity index (χ3v) is 4.49. The highest BCUT2D eigenvalue weighted by Crippen LogP contribution is 2.38. The third kappa shape index (κ3) is 31.8. The molecule has 5 nitrogen and oxygen atoms in total. The molecule has 0 atom stereocenters. The van der Waals surface area contributed by atoms with Crippen molar-refractivity contribution >= 4 is 7.82 Å². The maximum Gasteiger partial charge on any atom is 0.267 e. The second kappa shape index (κ2) is 18.4. The zero-order valence-electron chi connectivity index (χ0n) is 18.4. The van der Waals surface area contributed by atoms with Crippen molar-refractivity contribution < 1.29 is 23.0 Å². The number of phosphoric ester groups is 1. The van der Waals surface area contributed by atoms with Crippen LogP contribution in [0, 0.1) is 0 Å². The highest BCUT2D eigenvalue weighted by Gasteiger charge is 2.08. The fraction of sp³-hybridized carbons (Fsp3) is 1.00. The summed E-state index contributed by atoms with van der Waals surface area (Å²) in [5.74, 6) is 0. The molecule has 0 aliphatic carbocycles. The predicted molar refractivity (Wildman–Crippen MR) is 110 cm³/mol. The van der Waals surface area contributed by atoms with Crippen LogP contribution in [-0.2, 0) is 13.6 Å².